The van der Waals surface area contributed by atoms with Gasteiger partial charge >= 0.3 is 0 Å². The molecule has 1 heterocycles. The first-order valence-corrected chi connectivity index (χ1v) is 7.38. The van der Waals surface area contributed by atoms with Crippen molar-refractivity contribution < 1.29 is 19.3 Å². The lowest BCUT2D eigenvalue weighted by Crippen LogP contribution is -2.24. The molecule has 1 aromatic carbocycles. The molecule has 0 spiro atoms. The van der Waals surface area contributed by atoms with Gasteiger partial charge in [-0.05, 0) is 43.9 Å². The van der Waals surface area contributed by atoms with Crippen LogP contribution < -0.4 is 4.74 Å². The average molecular weight is 301 g/mol. The Bertz CT molecular complexity index is 416. The van der Waals surface area contributed by atoms with E-state index in [9.17, 15) is 5.11 Å². The second-order valence-corrected chi connectivity index (χ2v) is 5.28. The highest BCUT2D eigenvalue weighted by Gasteiger charge is 2.13. The van der Waals surface area contributed by atoms with Gasteiger partial charge in [-0.15, -0.1) is 0 Å². The smallest absolute Gasteiger partial charge is 0.157 e. The van der Waals surface area contributed by atoms with Gasteiger partial charge in [0.05, 0.1) is 17.7 Å². The molecule has 2 atom stereocenters. The van der Waals surface area contributed by atoms with Gasteiger partial charge in [0.2, 0.25) is 0 Å². The summed E-state index contributed by atoms with van der Waals surface area (Å²) in [4.78, 5) is 0. The SMILES string of the molecule is C[C@H](O)c1ccc(OCCOC2CCCCO2)cc1Cl. The number of aliphatic hydroxyl groups excluding tert-OH is 1. The number of hydrogen-bond donors (Lipinski definition) is 1. The highest BCUT2D eigenvalue weighted by atomic mass is 35.5. The van der Waals surface area contributed by atoms with Gasteiger partial charge in [0.1, 0.15) is 12.4 Å². The van der Waals surface area contributed by atoms with Crippen LogP contribution in [-0.2, 0) is 9.47 Å². The molecular weight excluding hydrogens is 280 g/mol. The summed E-state index contributed by atoms with van der Waals surface area (Å²) in [5.74, 6) is 0.674. The van der Waals surface area contributed by atoms with Crippen LogP contribution in [0.5, 0.6) is 5.75 Å². The van der Waals surface area contributed by atoms with Gasteiger partial charge in [0.15, 0.2) is 6.29 Å². The second-order valence-electron chi connectivity index (χ2n) is 4.87. The van der Waals surface area contributed by atoms with Crippen LogP contribution in [0.1, 0.15) is 37.9 Å². The number of hydrogen-bond acceptors (Lipinski definition) is 4. The molecule has 0 bridgehead atoms. The van der Waals surface area contributed by atoms with Crippen molar-refractivity contribution in [1.82, 2.24) is 0 Å². The van der Waals surface area contributed by atoms with E-state index in [2.05, 4.69) is 0 Å². The Balaban J connectivity index is 1.72. The second kappa shape index (κ2) is 7.84. The zero-order valence-electron chi connectivity index (χ0n) is 11.7. The van der Waals surface area contributed by atoms with Crippen LogP contribution in [0.15, 0.2) is 18.2 Å². The molecule has 0 amide bonds. The van der Waals surface area contributed by atoms with Crippen LogP contribution in [0.4, 0.5) is 0 Å². The van der Waals surface area contributed by atoms with Crippen LogP contribution >= 0.6 is 11.6 Å². The quantitative estimate of drug-likeness (QED) is 0.819. The molecule has 1 saturated heterocycles. The van der Waals surface area contributed by atoms with Crippen molar-refractivity contribution >= 4 is 11.6 Å². The Labute approximate surface area is 124 Å². The summed E-state index contributed by atoms with van der Waals surface area (Å²) in [6.07, 6.45) is 2.55. The minimum Gasteiger partial charge on any atom is -0.491 e. The van der Waals surface area contributed by atoms with E-state index in [1.807, 2.05) is 0 Å². The molecule has 1 aliphatic heterocycles. The first-order chi connectivity index (χ1) is 9.66. The van der Waals surface area contributed by atoms with Crippen molar-refractivity contribution in [2.24, 2.45) is 0 Å². The molecule has 2 rings (SSSR count). The summed E-state index contributed by atoms with van der Waals surface area (Å²) in [6.45, 7) is 3.40. The number of ether oxygens (including phenoxy) is 3. The molecular formula is C15H21ClO4. The first kappa shape index (κ1) is 15.6. The minimum absolute atomic E-state index is 0.0893. The predicted octanol–water partition coefficient (Wildman–Crippen LogP) is 3.32. The summed E-state index contributed by atoms with van der Waals surface area (Å²) in [5.41, 5.74) is 0.700. The lowest BCUT2D eigenvalue weighted by molar-refractivity contribution is -0.165. The molecule has 0 aliphatic carbocycles. The maximum Gasteiger partial charge on any atom is 0.157 e. The number of benzene rings is 1. The van der Waals surface area contributed by atoms with Crippen molar-refractivity contribution in [1.29, 1.82) is 0 Å². The molecule has 20 heavy (non-hydrogen) atoms. The third kappa shape index (κ3) is 4.63. The van der Waals surface area contributed by atoms with E-state index in [0.717, 1.165) is 25.9 Å². The Kier molecular flexibility index (Phi) is 6.10. The Morgan fingerprint density at radius 3 is 2.90 bits per heavy atom. The molecule has 1 N–H and O–H groups in total. The van der Waals surface area contributed by atoms with E-state index < -0.39 is 6.10 Å². The number of rotatable bonds is 6. The minimum atomic E-state index is -0.580. The van der Waals surface area contributed by atoms with E-state index >= 15 is 0 Å². The van der Waals surface area contributed by atoms with Gasteiger partial charge in [-0.3, -0.25) is 0 Å². The molecule has 4 nitrogen and oxygen atoms in total. The van der Waals surface area contributed by atoms with Crippen molar-refractivity contribution in [3.8, 4) is 5.75 Å². The Hall–Kier alpha value is -0.810. The average Bonchev–Trinajstić information content (AvgIpc) is 2.44. The molecule has 112 valence electrons. The summed E-state index contributed by atoms with van der Waals surface area (Å²) in [6, 6.07) is 5.28. The standard InChI is InChI=1S/C15H21ClO4/c1-11(17)13-6-5-12(10-14(13)16)18-8-9-20-15-4-2-3-7-19-15/h5-6,10-11,15,17H,2-4,7-9H2,1H3/t11-,15?/m0/s1. The van der Waals surface area contributed by atoms with Crippen LogP contribution in [0.25, 0.3) is 0 Å². The lowest BCUT2D eigenvalue weighted by Gasteiger charge is -2.22. The van der Waals surface area contributed by atoms with Crippen molar-refractivity contribution in [2.75, 3.05) is 19.8 Å². The Morgan fingerprint density at radius 1 is 1.40 bits per heavy atom. The Morgan fingerprint density at radius 2 is 2.25 bits per heavy atom. The van der Waals surface area contributed by atoms with E-state index in [1.165, 1.54) is 0 Å². The molecule has 0 aromatic heterocycles. The third-order valence-electron chi connectivity index (χ3n) is 3.22. The fourth-order valence-corrected chi connectivity index (χ4v) is 2.45. The summed E-state index contributed by atoms with van der Waals surface area (Å²) in [5, 5.41) is 10.0. The van der Waals surface area contributed by atoms with Crippen molar-refractivity contribution in [3.63, 3.8) is 0 Å². The molecule has 1 aromatic rings. The van der Waals surface area contributed by atoms with Crippen molar-refractivity contribution in [3.05, 3.63) is 28.8 Å². The molecule has 1 fully saturated rings. The van der Waals surface area contributed by atoms with Crippen LogP contribution in [-0.4, -0.2) is 31.2 Å². The fraction of sp³-hybridized carbons (Fsp3) is 0.600. The molecule has 1 unspecified atom stereocenters. The van der Waals surface area contributed by atoms with E-state index in [0.29, 0.717) is 29.5 Å². The lowest BCUT2D eigenvalue weighted by atomic mass is 10.1. The zero-order chi connectivity index (χ0) is 14.4. The van der Waals surface area contributed by atoms with Crippen LogP contribution in [0.2, 0.25) is 5.02 Å². The third-order valence-corrected chi connectivity index (χ3v) is 3.54. The highest BCUT2D eigenvalue weighted by Crippen LogP contribution is 2.27. The molecule has 0 radical (unpaired) electrons. The monoisotopic (exact) mass is 300 g/mol. The number of aliphatic hydroxyl groups is 1. The fourth-order valence-electron chi connectivity index (χ4n) is 2.12. The molecule has 1 aliphatic rings. The maximum absolute atomic E-state index is 9.49. The molecule has 5 heteroatoms. The first-order valence-electron chi connectivity index (χ1n) is 7.00. The maximum atomic E-state index is 9.49. The van der Waals surface area contributed by atoms with Crippen molar-refractivity contribution in [2.45, 2.75) is 38.6 Å². The van der Waals surface area contributed by atoms with Gasteiger partial charge in [-0.25, -0.2) is 0 Å². The predicted molar refractivity (Wildman–Crippen MR) is 77.1 cm³/mol. The zero-order valence-corrected chi connectivity index (χ0v) is 12.4. The van der Waals surface area contributed by atoms with Gasteiger partial charge < -0.3 is 19.3 Å². The topological polar surface area (TPSA) is 47.9 Å². The van der Waals surface area contributed by atoms with E-state index in [-0.39, 0.29) is 6.29 Å². The summed E-state index contributed by atoms with van der Waals surface area (Å²) in [7, 11) is 0. The van der Waals surface area contributed by atoms with Crippen LogP contribution in [0, 0.1) is 0 Å². The van der Waals surface area contributed by atoms with E-state index in [4.69, 9.17) is 25.8 Å². The van der Waals surface area contributed by atoms with Gasteiger partial charge in [-0.1, -0.05) is 17.7 Å². The van der Waals surface area contributed by atoms with E-state index in [1.54, 1.807) is 25.1 Å². The van der Waals surface area contributed by atoms with Gasteiger partial charge in [0, 0.05) is 6.61 Å². The highest BCUT2D eigenvalue weighted by molar-refractivity contribution is 6.31. The molecule has 0 saturated carbocycles. The van der Waals surface area contributed by atoms with Crippen LogP contribution in [0.3, 0.4) is 0 Å². The van der Waals surface area contributed by atoms with Gasteiger partial charge in [0.25, 0.3) is 0 Å². The van der Waals surface area contributed by atoms with Gasteiger partial charge in [-0.2, -0.15) is 0 Å². The number of halogens is 1. The largest absolute Gasteiger partial charge is 0.491 e. The summed E-state index contributed by atoms with van der Waals surface area (Å²) >= 11 is 6.07. The normalized spacial score (nSPS) is 20.6. The summed E-state index contributed by atoms with van der Waals surface area (Å²) < 4.78 is 16.6.